The molecule has 0 aromatic carbocycles. The first-order chi connectivity index (χ1) is 11.0. The highest BCUT2D eigenvalue weighted by molar-refractivity contribution is 9.10. The summed E-state index contributed by atoms with van der Waals surface area (Å²) in [5.41, 5.74) is 0. The van der Waals surface area contributed by atoms with Gasteiger partial charge in [0, 0.05) is 13.0 Å². The molecule has 1 fully saturated rings. The molecule has 2 aromatic heterocycles. The summed E-state index contributed by atoms with van der Waals surface area (Å²) in [4.78, 5) is 29.9. The van der Waals surface area contributed by atoms with Gasteiger partial charge in [0.05, 0.1) is 18.7 Å². The van der Waals surface area contributed by atoms with Crippen molar-refractivity contribution in [3.05, 3.63) is 40.9 Å². The molecule has 0 radical (unpaired) electrons. The van der Waals surface area contributed by atoms with Crippen molar-refractivity contribution in [1.82, 2.24) is 9.88 Å². The van der Waals surface area contributed by atoms with Crippen LogP contribution >= 0.6 is 15.9 Å². The van der Waals surface area contributed by atoms with E-state index in [1.807, 2.05) is 0 Å². The van der Waals surface area contributed by atoms with Crippen molar-refractivity contribution in [3.63, 3.8) is 0 Å². The number of aromatic nitrogens is 1. The summed E-state index contributed by atoms with van der Waals surface area (Å²) in [6.45, 7) is 0.649. The Morgan fingerprint density at radius 1 is 1.48 bits per heavy atom. The zero-order valence-corrected chi connectivity index (χ0v) is 13.6. The largest absolute Gasteiger partial charge is 0.504 e. The number of nitrogens with zero attached hydrogens (tertiary/aromatic N) is 2. The van der Waals surface area contributed by atoms with E-state index < -0.39 is 5.92 Å². The predicted molar refractivity (Wildman–Crippen MR) is 84.5 cm³/mol. The Morgan fingerprint density at radius 3 is 3.04 bits per heavy atom. The lowest BCUT2D eigenvalue weighted by molar-refractivity contribution is -0.128. The fourth-order valence-electron chi connectivity index (χ4n) is 2.43. The maximum absolute atomic E-state index is 12.3. The Kier molecular flexibility index (Phi) is 4.33. The van der Waals surface area contributed by atoms with Crippen LogP contribution in [0.1, 0.15) is 12.2 Å². The van der Waals surface area contributed by atoms with Crippen LogP contribution in [-0.2, 0) is 16.1 Å². The highest BCUT2D eigenvalue weighted by atomic mass is 79.9. The maximum atomic E-state index is 12.3. The molecule has 2 aromatic rings. The van der Waals surface area contributed by atoms with E-state index in [0.717, 1.165) is 0 Å². The molecule has 0 aliphatic carbocycles. The van der Waals surface area contributed by atoms with Crippen molar-refractivity contribution < 1.29 is 19.1 Å². The number of aromatic hydroxyl groups is 1. The van der Waals surface area contributed by atoms with Crippen LogP contribution in [0.5, 0.6) is 5.75 Å². The van der Waals surface area contributed by atoms with Gasteiger partial charge in [-0.2, -0.15) is 0 Å². The molecule has 3 heterocycles. The van der Waals surface area contributed by atoms with E-state index in [2.05, 4.69) is 26.2 Å². The quantitative estimate of drug-likeness (QED) is 0.793. The monoisotopic (exact) mass is 379 g/mol. The number of carbonyl (C=O) groups is 2. The normalized spacial score (nSPS) is 17.5. The lowest BCUT2D eigenvalue weighted by Crippen LogP contribution is -2.28. The fraction of sp³-hybridized carbons (Fsp3) is 0.267. The van der Waals surface area contributed by atoms with Gasteiger partial charge in [-0.1, -0.05) is 0 Å². The molecule has 120 valence electrons. The van der Waals surface area contributed by atoms with Crippen LogP contribution in [0.25, 0.3) is 0 Å². The molecule has 1 aliphatic rings. The minimum atomic E-state index is -0.488. The van der Waals surface area contributed by atoms with Gasteiger partial charge in [-0.3, -0.25) is 9.59 Å². The first kappa shape index (κ1) is 15.5. The number of pyridine rings is 1. The molecule has 7 nitrogen and oxygen atoms in total. The van der Waals surface area contributed by atoms with Crippen LogP contribution in [0, 0.1) is 5.92 Å². The number of furan rings is 1. The molecular formula is C15H14BrN3O4. The van der Waals surface area contributed by atoms with E-state index >= 15 is 0 Å². The maximum Gasteiger partial charge on any atom is 0.231 e. The average molecular weight is 380 g/mol. The second kappa shape index (κ2) is 6.41. The molecule has 2 N–H and O–H groups in total. The van der Waals surface area contributed by atoms with Crippen molar-refractivity contribution >= 4 is 33.6 Å². The molecule has 0 bridgehead atoms. The summed E-state index contributed by atoms with van der Waals surface area (Å²) in [5, 5.41) is 12.3. The second-order valence-corrected chi connectivity index (χ2v) is 6.06. The molecule has 1 saturated heterocycles. The summed E-state index contributed by atoms with van der Waals surface area (Å²) in [6.07, 6.45) is 1.67. The lowest BCUT2D eigenvalue weighted by atomic mass is 10.1. The van der Waals surface area contributed by atoms with Gasteiger partial charge in [-0.25, -0.2) is 4.98 Å². The van der Waals surface area contributed by atoms with Crippen LogP contribution in [0.2, 0.25) is 0 Å². The van der Waals surface area contributed by atoms with E-state index in [-0.39, 0.29) is 29.8 Å². The number of nitrogens with one attached hydrogen (secondary N) is 1. The van der Waals surface area contributed by atoms with Crippen LogP contribution in [0.15, 0.2) is 39.5 Å². The van der Waals surface area contributed by atoms with E-state index in [9.17, 15) is 14.7 Å². The Bertz CT molecular complexity index is 732. The highest BCUT2D eigenvalue weighted by Crippen LogP contribution is 2.26. The summed E-state index contributed by atoms with van der Waals surface area (Å²) in [7, 11) is 0. The van der Waals surface area contributed by atoms with Crippen LogP contribution in [0.3, 0.4) is 0 Å². The van der Waals surface area contributed by atoms with E-state index in [4.69, 9.17) is 4.42 Å². The number of rotatable bonds is 4. The van der Waals surface area contributed by atoms with Gasteiger partial charge in [0.15, 0.2) is 11.6 Å². The lowest BCUT2D eigenvalue weighted by Gasteiger charge is -2.15. The Balaban J connectivity index is 1.64. The molecule has 3 rings (SSSR count). The number of amides is 2. The molecule has 23 heavy (non-hydrogen) atoms. The van der Waals surface area contributed by atoms with Crippen LogP contribution in [-0.4, -0.2) is 33.3 Å². The van der Waals surface area contributed by atoms with Gasteiger partial charge in [-0.05, 0) is 40.2 Å². The number of carbonyl (C=O) groups excluding carboxylic acids is 2. The standard InChI is InChI=1S/C15H14BrN3O4/c16-12-4-3-11(20)14(17-12)18-15(22)9-6-13(21)19(7-9)8-10-2-1-5-23-10/h1-5,9,20H,6-8H2,(H,17,18,22). The number of likely N-dealkylation sites (tertiary alicyclic amines) is 1. The molecule has 2 amide bonds. The zero-order valence-electron chi connectivity index (χ0n) is 12.0. The summed E-state index contributed by atoms with van der Waals surface area (Å²) < 4.78 is 5.71. The predicted octanol–water partition coefficient (Wildman–Crippen LogP) is 2.13. The molecule has 1 atom stereocenters. The summed E-state index contributed by atoms with van der Waals surface area (Å²) in [5.74, 6) is -0.322. The summed E-state index contributed by atoms with van der Waals surface area (Å²) >= 11 is 3.18. The number of halogens is 1. The van der Waals surface area contributed by atoms with E-state index in [1.165, 1.54) is 6.07 Å². The Morgan fingerprint density at radius 2 is 2.30 bits per heavy atom. The molecular weight excluding hydrogens is 366 g/mol. The molecule has 1 aliphatic heterocycles. The van der Waals surface area contributed by atoms with Gasteiger partial charge in [0.2, 0.25) is 11.8 Å². The second-order valence-electron chi connectivity index (χ2n) is 5.25. The third kappa shape index (κ3) is 3.53. The smallest absolute Gasteiger partial charge is 0.231 e. The van der Waals surface area contributed by atoms with Gasteiger partial charge >= 0.3 is 0 Å². The zero-order chi connectivity index (χ0) is 16.4. The topological polar surface area (TPSA) is 95.7 Å². The van der Waals surface area contributed by atoms with Crippen molar-refractivity contribution in [2.45, 2.75) is 13.0 Å². The van der Waals surface area contributed by atoms with Crippen molar-refractivity contribution in [3.8, 4) is 5.75 Å². The van der Waals surface area contributed by atoms with Gasteiger partial charge < -0.3 is 19.7 Å². The Hall–Kier alpha value is -2.35. The third-order valence-corrected chi connectivity index (χ3v) is 4.04. The van der Waals surface area contributed by atoms with Crippen LogP contribution < -0.4 is 5.32 Å². The Labute approximate surface area is 140 Å². The van der Waals surface area contributed by atoms with Crippen molar-refractivity contribution in [2.75, 3.05) is 11.9 Å². The number of hydrogen-bond donors (Lipinski definition) is 2. The summed E-state index contributed by atoms with van der Waals surface area (Å²) in [6, 6.07) is 6.52. The minimum Gasteiger partial charge on any atom is -0.504 e. The van der Waals surface area contributed by atoms with E-state index in [1.54, 1.807) is 29.4 Å². The van der Waals surface area contributed by atoms with Crippen molar-refractivity contribution in [2.24, 2.45) is 5.92 Å². The van der Waals surface area contributed by atoms with Gasteiger partial charge in [0.25, 0.3) is 0 Å². The fourth-order valence-corrected chi connectivity index (χ4v) is 2.74. The first-order valence-electron chi connectivity index (χ1n) is 6.99. The first-order valence-corrected chi connectivity index (χ1v) is 7.79. The van der Waals surface area contributed by atoms with Crippen molar-refractivity contribution in [1.29, 1.82) is 0 Å². The minimum absolute atomic E-state index is 0.0707. The SMILES string of the molecule is O=C(Nc1nc(Br)ccc1O)C1CC(=O)N(Cc2ccco2)C1. The van der Waals surface area contributed by atoms with Gasteiger partial charge in [0.1, 0.15) is 10.4 Å². The number of hydrogen-bond acceptors (Lipinski definition) is 5. The molecule has 8 heteroatoms. The average Bonchev–Trinajstić information content (AvgIpc) is 3.14. The molecule has 0 spiro atoms. The van der Waals surface area contributed by atoms with Crippen LogP contribution in [0.4, 0.5) is 5.82 Å². The van der Waals surface area contributed by atoms with E-state index in [0.29, 0.717) is 23.5 Å². The van der Waals surface area contributed by atoms with Gasteiger partial charge in [-0.15, -0.1) is 0 Å². The highest BCUT2D eigenvalue weighted by Gasteiger charge is 2.35. The molecule has 0 saturated carbocycles. The third-order valence-electron chi connectivity index (χ3n) is 3.59. The number of anilines is 1. The molecule has 1 unspecified atom stereocenters.